The van der Waals surface area contributed by atoms with Crippen molar-refractivity contribution in [1.29, 1.82) is 0 Å². The summed E-state index contributed by atoms with van der Waals surface area (Å²) >= 11 is 2.31. The van der Waals surface area contributed by atoms with Gasteiger partial charge < -0.3 is 9.47 Å². The molecule has 0 fully saturated rings. The van der Waals surface area contributed by atoms with Crippen LogP contribution in [0.2, 0.25) is 0 Å². The highest BCUT2D eigenvalue weighted by Crippen LogP contribution is 2.44. The minimum atomic E-state index is -0.735. The van der Waals surface area contributed by atoms with Crippen LogP contribution in [0.5, 0.6) is 0 Å². The van der Waals surface area contributed by atoms with Crippen molar-refractivity contribution in [2.75, 3.05) is 0 Å². The van der Waals surface area contributed by atoms with Gasteiger partial charge in [-0.05, 0) is 0 Å². The van der Waals surface area contributed by atoms with Crippen LogP contribution in [0.4, 0.5) is 0 Å². The Balaban J connectivity index is 1.98. The molecule has 0 radical (unpaired) electrons. The molecule has 0 saturated carbocycles. The Labute approximate surface area is 118 Å². The maximum absolute atomic E-state index is 11.7. The zero-order chi connectivity index (χ0) is 14.0. The quantitative estimate of drug-likeness (QED) is 0.592. The van der Waals surface area contributed by atoms with Crippen LogP contribution < -0.4 is 0 Å². The molecule has 0 atom stereocenters. The van der Waals surface area contributed by atoms with E-state index in [1.54, 1.807) is 0 Å². The molecule has 20 heavy (non-hydrogen) atoms. The molecular formula is C12H2O6S2. The van der Waals surface area contributed by atoms with Crippen LogP contribution in [0.15, 0.2) is 10.8 Å². The highest BCUT2D eigenvalue weighted by molar-refractivity contribution is 7.21. The number of fused-ring (bicyclic) bond motifs is 2. The van der Waals surface area contributed by atoms with Gasteiger partial charge in [0.1, 0.15) is 0 Å². The van der Waals surface area contributed by atoms with Gasteiger partial charge in [0.25, 0.3) is 0 Å². The number of hydrogen-bond donors (Lipinski definition) is 0. The van der Waals surface area contributed by atoms with Gasteiger partial charge in [-0.1, -0.05) is 0 Å². The summed E-state index contributed by atoms with van der Waals surface area (Å²) in [4.78, 5) is 47.1. The Morgan fingerprint density at radius 2 is 1.05 bits per heavy atom. The zero-order valence-electron chi connectivity index (χ0n) is 9.42. The normalized spacial score (nSPS) is 16.2. The molecule has 4 rings (SSSR count). The van der Waals surface area contributed by atoms with Gasteiger partial charge in [-0.2, -0.15) is 0 Å². The van der Waals surface area contributed by atoms with Crippen molar-refractivity contribution >= 4 is 46.6 Å². The number of rotatable bonds is 1. The summed E-state index contributed by atoms with van der Waals surface area (Å²) in [6, 6.07) is 0. The van der Waals surface area contributed by atoms with Gasteiger partial charge >= 0.3 is 23.9 Å². The number of hydrogen-bond acceptors (Lipinski definition) is 8. The average molecular weight is 306 g/mol. The summed E-state index contributed by atoms with van der Waals surface area (Å²) in [5.74, 6) is -2.86. The lowest BCUT2D eigenvalue weighted by atomic mass is 10.1. The van der Waals surface area contributed by atoms with Gasteiger partial charge in [0.15, 0.2) is 0 Å². The van der Waals surface area contributed by atoms with Gasteiger partial charge in [-0.25, -0.2) is 19.2 Å². The van der Waals surface area contributed by atoms with Crippen molar-refractivity contribution in [2.24, 2.45) is 0 Å². The number of cyclic esters (lactones) is 4. The highest BCUT2D eigenvalue weighted by atomic mass is 32.1. The third-order valence-electron chi connectivity index (χ3n) is 3.01. The maximum atomic E-state index is 11.7. The Kier molecular flexibility index (Phi) is 2.08. The molecule has 6 nitrogen and oxygen atoms in total. The number of ether oxygens (including phenoxy) is 2. The Morgan fingerprint density at radius 1 is 0.650 bits per heavy atom. The average Bonchev–Trinajstić information content (AvgIpc) is 3.09. The molecule has 0 aliphatic carbocycles. The van der Waals surface area contributed by atoms with Crippen LogP contribution in [0.3, 0.4) is 0 Å². The second-order valence-corrected chi connectivity index (χ2v) is 5.82. The molecule has 2 aromatic rings. The molecule has 0 bridgehead atoms. The van der Waals surface area contributed by atoms with Crippen LogP contribution in [0, 0.1) is 0 Å². The van der Waals surface area contributed by atoms with E-state index in [1.165, 1.54) is 10.8 Å². The lowest BCUT2D eigenvalue weighted by molar-refractivity contribution is 0.0425. The number of thiophene rings is 2. The van der Waals surface area contributed by atoms with Crippen molar-refractivity contribution in [2.45, 2.75) is 0 Å². The minimum Gasteiger partial charge on any atom is -0.386 e. The second kappa shape index (κ2) is 3.62. The molecule has 4 heterocycles. The van der Waals surface area contributed by atoms with Gasteiger partial charge in [0, 0.05) is 10.8 Å². The van der Waals surface area contributed by atoms with Crippen LogP contribution in [0.25, 0.3) is 9.75 Å². The number of esters is 4. The van der Waals surface area contributed by atoms with E-state index in [9.17, 15) is 19.2 Å². The largest absolute Gasteiger partial charge is 0.386 e. The van der Waals surface area contributed by atoms with Gasteiger partial charge in [0.2, 0.25) is 0 Å². The van der Waals surface area contributed by atoms with E-state index in [-0.39, 0.29) is 22.3 Å². The third kappa shape index (κ3) is 1.27. The van der Waals surface area contributed by atoms with Crippen LogP contribution in [0.1, 0.15) is 41.4 Å². The third-order valence-corrected chi connectivity index (χ3v) is 5.13. The van der Waals surface area contributed by atoms with E-state index in [1.807, 2.05) is 0 Å². The molecule has 0 aromatic carbocycles. The van der Waals surface area contributed by atoms with Gasteiger partial charge in [-0.15, -0.1) is 22.7 Å². The van der Waals surface area contributed by atoms with Crippen molar-refractivity contribution in [3.05, 3.63) is 33.0 Å². The molecule has 98 valence electrons. The minimum absolute atomic E-state index is 0.150. The summed E-state index contributed by atoms with van der Waals surface area (Å²) in [6.45, 7) is 0. The summed E-state index contributed by atoms with van der Waals surface area (Å²) in [7, 11) is 0. The van der Waals surface area contributed by atoms with E-state index in [4.69, 9.17) is 0 Å². The monoisotopic (exact) mass is 306 g/mol. The van der Waals surface area contributed by atoms with Gasteiger partial charge in [0.05, 0.1) is 32.0 Å². The van der Waals surface area contributed by atoms with E-state index in [2.05, 4.69) is 9.47 Å². The number of carbonyl (C=O) groups is 4. The standard InChI is InChI=1S/C12H2O6S2/c13-9-3-1-19-7(5(3)11(15)17-9)8-6-4(2-20-8)10(14)18-12(6)16/h1-2H. The Hall–Kier alpha value is -2.32. The van der Waals surface area contributed by atoms with Crippen molar-refractivity contribution in [3.8, 4) is 9.75 Å². The Bertz CT molecular complexity index is 770. The summed E-state index contributed by atoms with van der Waals surface area (Å²) in [5, 5.41) is 3.01. The maximum Gasteiger partial charge on any atom is 0.348 e. The molecule has 2 aliphatic heterocycles. The van der Waals surface area contributed by atoms with Crippen LogP contribution in [-0.4, -0.2) is 23.9 Å². The molecule has 2 aliphatic rings. The summed E-state index contributed by atoms with van der Waals surface area (Å²) in [5.41, 5.74) is 0.679. The van der Waals surface area contributed by atoms with E-state index in [0.29, 0.717) is 9.75 Å². The molecule has 0 spiro atoms. The van der Waals surface area contributed by atoms with Crippen molar-refractivity contribution < 1.29 is 28.7 Å². The fourth-order valence-corrected chi connectivity index (χ4v) is 4.36. The smallest absolute Gasteiger partial charge is 0.348 e. The fraction of sp³-hybridized carbons (Fsp3) is 0. The van der Waals surface area contributed by atoms with E-state index < -0.39 is 23.9 Å². The van der Waals surface area contributed by atoms with E-state index >= 15 is 0 Å². The van der Waals surface area contributed by atoms with Crippen molar-refractivity contribution in [1.82, 2.24) is 0 Å². The Morgan fingerprint density at radius 3 is 1.45 bits per heavy atom. The highest BCUT2D eigenvalue weighted by Gasteiger charge is 2.40. The topological polar surface area (TPSA) is 86.7 Å². The molecule has 0 unspecified atom stereocenters. The molecule has 0 amide bonds. The molecule has 2 aromatic heterocycles. The molecular weight excluding hydrogens is 304 g/mol. The molecule has 0 N–H and O–H groups in total. The summed E-state index contributed by atoms with van der Waals surface area (Å²) < 4.78 is 9.06. The summed E-state index contributed by atoms with van der Waals surface area (Å²) in [6.07, 6.45) is 0. The molecule has 8 heteroatoms. The first kappa shape index (κ1) is 11.5. The predicted molar refractivity (Wildman–Crippen MR) is 67.1 cm³/mol. The molecule has 0 saturated heterocycles. The fourth-order valence-electron chi connectivity index (χ4n) is 2.14. The first-order valence-corrected chi connectivity index (χ1v) is 7.10. The number of carbonyl (C=O) groups excluding carboxylic acids is 4. The zero-order valence-corrected chi connectivity index (χ0v) is 11.1. The lowest BCUT2D eigenvalue weighted by Gasteiger charge is -1.97. The van der Waals surface area contributed by atoms with Gasteiger partial charge in [-0.3, -0.25) is 0 Å². The first-order valence-electron chi connectivity index (χ1n) is 5.34. The predicted octanol–water partition coefficient (Wildman–Crippen LogP) is 2.10. The van der Waals surface area contributed by atoms with Crippen LogP contribution in [-0.2, 0) is 9.47 Å². The van der Waals surface area contributed by atoms with Crippen molar-refractivity contribution in [3.63, 3.8) is 0 Å². The lowest BCUT2D eigenvalue weighted by Crippen LogP contribution is -2.00. The van der Waals surface area contributed by atoms with Crippen LogP contribution >= 0.6 is 22.7 Å². The SMILES string of the molecule is O=C1OC(=O)c2c1csc2-c1scc2c1C(=O)OC2=O. The first-order chi connectivity index (χ1) is 9.58. The van der Waals surface area contributed by atoms with E-state index in [0.717, 1.165) is 22.7 Å². The second-order valence-electron chi connectivity index (χ2n) is 4.06.